The molecular formula is C28H37N7O. The van der Waals surface area contributed by atoms with E-state index in [0.717, 1.165) is 51.6 Å². The predicted molar refractivity (Wildman–Crippen MR) is 146 cm³/mol. The molecule has 0 fully saturated rings. The quantitative estimate of drug-likeness (QED) is 0.476. The van der Waals surface area contributed by atoms with Gasteiger partial charge < -0.3 is 15.6 Å². The van der Waals surface area contributed by atoms with E-state index in [1.165, 1.54) is 0 Å². The maximum Gasteiger partial charge on any atom is 0.255 e. The summed E-state index contributed by atoms with van der Waals surface area (Å²) < 4.78 is 1.85. The number of hydrogen-bond acceptors (Lipinski definition) is 6. The minimum atomic E-state index is -0.120. The van der Waals surface area contributed by atoms with E-state index in [9.17, 15) is 4.79 Å². The van der Waals surface area contributed by atoms with Crippen LogP contribution in [0, 0.1) is 13.8 Å². The first kappa shape index (κ1) is 25.5. The normalized spacial score (nSPS) is 13.7. The van der Waals surface area contributed by atoms with Crippen LogP contribution in [0.1, 0.15) is 59.1 Å². The van der Waals surface area contributed by atoms with Gasteiger partial charge in [-0.15, -0.1) is 5.53 Å². The highest BCUT2D eigenvalue weighted by Crippen LogP contribution is 2.29. The van der Waals surface area contributed by atoms with E-state index in [1.54, 1.807) is 0 Å². The lowest BCUT2D eigenvalue weighted by Crippen LogP contribution is -2.36. The van der Waals surface area contributed by atoms with Crippen molar-refractivity contribution in [2.24, 2.45) is 7.05 Å². The van der Waals surface area contributed by atoms with E-state index >= 15 is 0 Å². The first-order valence-corrected chi connectivity index (χ1v) is 12.2. The lowest BCUT2D eigenvalue weighted by atomic mass is 9.85. The Balaban J connectivity index is 1.59. The Hall–Kier alpha value is -3.62. The molecule has 3 N–H and O–H groups in total. The van der Waals surface area contributed by atoms with Crippen molar-refractivity contribution in [2.75, 3.05) is 24.4 Å². The second-order valence-electron chi connectivity index (χ2n) is 10.8. The first-order valence-electron chi connectivity index (χ1n) is 12.2. The second-order valence-corrected chi connectivity index (χ2v) is 10.8. The molecule has 3 aromatic rings. The van der Waals surface area contributed by atoms with Crippen LogP contribution in [-0.4, -0.2) is 34.7 Å². The average Bonchev–Trinajstić information content (AvgIpc) is 3.40. The van der Waals surface area contributed by atoms with Crippen molar-refractivity contribution in [1.29, 1.82) is 0 Å². The van der Waals surface area contributed by atoms with Crippen molar-refractivity contribution in [3.63, 3.8) is 0 Å². The summed E-state index contributed by atoms with van der Waals surface area (Å²) in [5.74, 6) is -0.120. The largest absolute Gasteiger partial charge is 0.322 e. The molecule has 1 aliphatic rings. The fourth-order valence-electron chi connectivity index (χ4n) is 4.21. The van der Waals surface area contributed by atoms with Crippen LogP contribution in [0.4, 0.5) is 11.4 Å². The van der Waals surface area contributed by atoms with E-state index in [0.29, 0.717) is 5.56 Å². The number of rotatable bonds is 6. The molecular weight excluding hydrogens is 450 g/mol. The van der Waals surface area contributed by atoms with E-state index in [2.05, 4.69) is 53.1 Å². The summed E-state index contributed by atoms with van der Waals surface area (Å²) in [4.78, 5) is 15.5. The lowest BCUT2D eigenvalue weighted by molar-refractivity contribution is 0.102. The molecule has 2 heterocycles. The Morgan fingerprint density at radius 3 is 2.50 bits per heavy atom. The summed E-state index contributed by atoms with van der Waals surface area (Å²) >= 11 is 0. The Kier molecular flexibility index (Phi) is 6.93. The van der Waals surface area contributed by atoms with Crippen LogP contribution in [0.5, 0.6) is 0 Å². The third kappa shape index (κ3) is 5.45. The number of aryl methyl sites for hydroxylation is 2. The summed E-state index contributed by atoms with van der Waals surface area (Å²) in [5.41, 5.74) is 15.1. The van der Waals surface area contributed by atoms with E-state index < -0.39 is 0 Å². The van der Waals surface area contributed by atoms with E-state index in [-0.39, 0.29) is 11.3 Å². The molecule has 0 unspecified atom stereocenters. The fourth-order valence-corrected chi connectivity index (χ4v) is 4.21. The van der Waals surface area contributed by atoms with Crippen molar-refractivity contribution in [1.82, 2.24) is 25.6 Å². The van der Waals surface area contributed by atoms with Crippen LogP contribution in [0.15, 0.2) is 48.8 Å². The number of benzene rings is 2. The molecule has 8 heteroatoms. The molecule has 2 aromatic carbocycles. The van der Waals surface area contributed by atoms with Gasteiger partial charge in [-0.25, -0.2) is 0 Å². The maximum absolute atomic E-state index is 13.3. The SMILES string of the molecule is Cc1ccc(NC(=O)c2cc(CN(C)C)cc(C(C)(C)C)c2)cc1N1C=C(c2cnn(C)c2C)NN1. The van der Waals surface area contributed by atoms with Gasteiger partial charge in [-0.2, -0.15) is 5.10 Å². The van der Waals surface area contributed by atoms with Gasteiger partial charge in [-0.3, -0.25) is 14.5 Å². The predicted octanol–water partition coefficient (Wildman–Crippen LogP) is 4.48. The standard InChI is InChI=1S/C28H37N7O/c1-18-9-10-23(14-26(18)35-17-25(31-32-35)24-15-29-34(8)19(24)2)30-27(36)21-11-20(16-33(6)7)12-22(13-21)28(3,4)5/h9-15,17,31-32H,16H2,1-8H3,(H,30,36). The van der Waals surface area contributed by atoms with Gasteiger partial charge in [0.05, 0.1) is 17.6 Å². The number of hydrazine groups is 2. The third-order valence-electron chi connectivity index (χ3n) is 6.44. The summed E-state index contributed by atoms with van der Waals surface area (Å²) in [6.45, 7) is 11.4. The van der Waals surface area contributed by atoms with E-state index in [1.807, 2.05) is 87.4 Å². The average molecular weight is 488 g/mol. The molecule has 8 nitrogen and oxygen atoms in total. The molecule has 0 spiro atoms. The second kappa shape index (κ2) is 9.79. The van der Waals surface area contributed by atoms with Gasteiger partial charge in [0.25, 0.3) is 5.91 Å². The van der Waals surface area contributed by atoms with Crippen molar-refractivity contribution in [3.05, 3.63) is 82.3 Å². The topological polar surface area (TPSA) is 77.5 Å². The van der Waals surface area contributed by atoms with Gasteiger partial charge in [0.1, 0.15) is 0 Å². The number of carbonyl (C=O) groups is 1. The molecule has 1 aliphatic heterocycles. The number of amides is 1. The molecule has 0 bridgehead atoms. The van der Waals surface area contributed by atoms with Gasteiger partial charge in [0.15, 0.2) is 0 Å². The summed E-state index contributed by atoms with van der Waals surface area (Å²) in [6.07, 6.45) is 3.84. The zero-order valence-electron chi connectivity index (χ0n) is 22.5. The highest BCUT2D eigenvalue weighted by molar-refractivity contribution is 6.04. The van der Waals surface area contributed by atoms with Gasteiger partial charge in [0.2, 0.25) is 0 Å². The molecule has 0 aliphatic carbocycles. The zero-order chi connectivity index (χ0) is 26.2. The Morgan fingerprint density at radius 1 is 1.11 bits per heavy atom. The number of carbonyl (C=O) groups excluding carboxylic acids is 1. The summed E-state index contributed by atoms with van der Waals surface area (Å²) in [5, 5.41) is 9.36. The minimum Gasteiger partial charge on any atom is -0.322 e. The highest BCUT2D eigenvalue weighted by Gasteiger charge is 2.21. The van der Waals surface area contributed by atoms with Gasteiger partial charge in [-0.1, -0.05) is 32.9 Å². The molecule has 0 saturated carbocycles. The van der Waals surface area contributed by atoms with Crippen LogP contribution in [0.2, 0.25) is 0 Å². The molecule has 4 rings (SSSR count). The molecule has 0 saturated heterocycles. The summed E-state index contributed by atoms with van der Waals surface area (Å²) in [6, 6.07) is 12.1. The molecule has 36 heavy (non-hydrogen) atoms. The highest BCUT2D eigenvalue weighted by atomic mass is 16.1. The smallest absolute Gasteiger partial charge is 0.255 e. The van der Waals surface area contributed by atoms with Crippen LogP contribution < -0.4 is 21.3 Å². The molecule has 1 aromatic heterocycles. The summed E-state index contributed by atoms with van der Waals surface area (Å²) in [7, 11) is 6.00. The molecule has 0 radical (unpaired) electrons. The van der Waals surface area contributed by atoms with Gasteiger partial charge in [0, 0.05) is 42.3 Å². The molecule has 0 atom stereocenters. The number of nitrogens with one attached hydrogen (secondary N) is 3. The Morgan fingerprint density at radius 2 is 1.86 bits per heavy atom. The third-order valence-corrected chi connectivity index (χ3v) is 6.44. The molecule has 1 amide bonds. The first-order chi connectivity index (χ1) is 16.9. The van der Waals surface area contributed by atoms with Crippen LogP contribution in [0.3, 0.4) is 0 Å². The van der Waals surface area contributed by atoms with Crippen LogP contribution >= 0.6 is 0 Å². The van der Waals surface area contributed by atoms with Crippen molar-refractivity contribution in [2.45, 2.75) is 46.6 Å². The van der Waals surface area contributed by atoms with Crippen LogP contribution in [0.25, 0.3) is 5.70 Å². The monoisotopic (exact) mass is 487 g/mol. The molecule has 190 valence electrons. The van der Waals surface area contributed by atoms with Crippen molar-refractivity contribution in [3.8, 4) is 0 Å². The number of nitrogens with zero attached hydrogens (tertiary/aromatic N) is 4. The van der Waals surface area contributed by atoms with Gasteiger partial charge in [-0.05, 0) is 74.3 Å². The Labute approximate surface area is 213 Å². The van der Waals surface area contributed by atoms with Crippen molar-refractivity contribution >= 4 is 23.0 Å². The van der Waals surface area contributed by atoms with Crippen molar-refractivity contribution < 1.29 is 4.79 Å². The number of hydrogen-bond donors (Lipinski definition) is 3. The Bertz CT molecular complexity index is 1310. The number of aromatic nitrogens is 2. The van der Waals surface area contributed by atoms with E-state index in [4.69, 9.17) is 0 Å². The van der Waals surface area contributed by atoms with Gasteiger partial charge >= 0.3 is 0 Å². The fraction of sp³-hybridized carbons (Fsp3) is 0.357. The maximum atomic E-state index is 13.3. The van der Waals surface area contributed by atoms with Crippen LogP contribution in [-0.2, 0) is 19.0 Å². The lowest BCUT2D eigenvalue weighted by Gasteiger charge is -2.22. The minimum absolute atomic E-state index is 0.0561. The number of anilines is 2. The zero-order valence-corrected chi connectivity index (χ0v) is 22.5.